The Morgan fingerprint density at radius 2 is 2.27 bits per heavy atom. The lowest BCUT2D eigenvalue weighted by molar-refractivity contribution is 0.273. The van der Waals surface area contributed by atoms with Crippen LogP contribution in [0, 0.1) is 11.8 Å². The van der Waals surface area contributed by atoms with Crippen LogP contribution < -0.4 is 0 Å². The van der Waals surface area contributed by atoms with Crippen LogP contribution in [-0.2, 0) is 0 Å². The maximum Gasteiger partial charge on any atom is -0.0328 e. The molecule has 1 aliphatic rings. The monoisotopic (exact) mass is 152 g/mol. The minimum Gasteiger partial charge on any atom is -0.103 e. The first-order chi connectivity index (χ1) is 5.33. The Bertz CT molecular complexity index is 111. The minimum absolute atomic E-state index is 0.869. The summed E-state index contributed by atoms with van der Waals surface area (Å²) in [5.74, 6) is 1.95. The van der Waals surface area contributed by atoms with Crippen molar-refractivity contribution in [2.75, 3.05) is 0 Å². The SMILES string of the molecule is C=CC[C@@H](C)CCC1CCC1. The number of allylic oxidation sites excluding steroid dienone is 1. The predicted octanol–water partition coefficient (Wildman–Crippen LogP) is 3.78. The van der Waals surface area contributed by atoms with Gasteiger partial charge in [-0.15, -0.1) is 6.58 Å². The largest absolute Gasteiger partial charge is 0.103 e. The van der Waals surface area contributed by atoms with E-state index in [9.17, 15) is 0 Å². The average molecular weight is 152 g/mol. The number of hydrogen-bond acceptors (Lipinski definition) is 0. The van der Waals surface area contributed by atoms with Crippen molar-refractivity contribution in [3.05, 3.63) is 12.7 Å². The zero-order valence-corrected chi connectivity index (χ0v) is 7.68. The topological polar surface area (TPSA) is 0 Å². The van der Waals surface area contributed by atoms with E-state index in [0.717, 1.165) is 11.8 Å². The Hall–Kier alpha value is -0.260. The van der Waals surface area contributed by atoms with Gasteiger partial charge in [0, 0.05) is 0 Å². The molecule has 0 aliphatic heterocycles. The quantitative estimate of drug-likeness (QED) is 0.526. The highest BCUT2D eigenvalue weighted by Crippen LogP contribution is 2.31. The summed E-state index contributed by atoms with van der Waals surface area (Å²) in [4.78, 5) is 0. The molecule has 0 spiro atoms. The van der Waals surface area contributed by atoms with Crippen molar-refractivity contribution in [1.29, 1.82) is 0 Å². The van der Waals surface area contributed by atoms with Gasteiger partial charge in [0.25, 0.3) is 0 Å². The molecule has 1 saturated carbocycles. The third-order valence-electron chi connectivity index (χ3n) is 2.86. The molecule has 0 amide bonds. The molecule has 0 unspecified atom stereocenters. The second-order valence-corrected chi connectivity index (χ2v) is 4.00. The maximum absolute atomic E-state index is 3.76. The molecular weight excluding hydrogens is 132 g/mol. The van der Waals surface area contributed by atoms with E-state index in [4.69, 9.17) is 0 Å². The fraction of sp³-hybridized carbons (Fsp3) is 0.818. The van der Waals surface area contributed by atoms with Gasteiger partial charge < -0.3 is 0 Å². The molecule has 1 atom stereocenters. The first kappa shape index (κ1) is 8.83. The minimum atomic E-state index is 0.869. The van der Waals surface area contributed by atoms with Crippen LogP contribution in [0.4, 0.5) is 0 Å². The normalized spacial score (nSPS) is 20.8. The molecule has 1 aliphatic carbocycles. The molecule has 0 saturated heterocycles. The highest BCUT2D eigenvalue weighted by molar-refractivity contribution is 4.74. The van der Waals surface area contributed by atoms with Gasteiger partial charge in [0.1, 0.15) is 0 Å². The third-order valence-corrected chi connectivity index (χ3v) is 2.86. The van der Waals surface area contributed by atoms with E-state index in [2.05, 4.69) is 13.5 Å². The Kier molecular flexibility index (Phi) is 3.68. The van der Waals surface area contributed by atoms with Crippen LogP contribution in [0.2, 0.25) is 0 Å². The van der Waals surface area contributed by atoms with Crippen molar-refractivity contribution in [2.24, 2.45) is 11.8 Å². The molecule has 0 aromatic carbocycles. The van der Waals surface area contributed by atoms with Crippen LogP contribution in [-0.4, -0.2) is 0 Å². The molecule has 1 fully saturated rings. The van der Waals surface area contributed by atoms with Crippen LogP contribution in [0.15, 0.2) is 12.7 Å². The van der Waals surface area contributed by atoms with Crippen molar-refractivity contribution < 1.29 is 0 Å². The van der Waals surface area contributed by atoms with Gasteiger partial charge in [0.05, 0.1) is 0 Å². The second-order valence-electron chi connectivity index (χ2n) is 4.00. The van der Waals surface area contributed by atoms with Gasteiger partial charge in [-0.05, 0) is 18.3 Å². The molecule has 0 bridgehead atoms. The lowest BCUT2D eigenvalue weighted by Gasteiger charge is -2.26. The van der Waals surface area contributed by atoms with Crippen LogP contribution in [0.1, 0.15) is 45.4 Å². The highest BCUT2D eigenvalue weighted by atomic mass is 14.2. The van der Waals surface area contributed by atoms with E-state index in [0.29, 0.717) is 0 Å². The number of hydrogen-bond donors (Lipinski definition) is 0. The Morgan fingerprint density at radius 1 is 1.55 bits per heavy atom. The predicted molar refractivity (Wildman–Crippen MR) is 50.6 cm³/mol. The molecule has 0 nitrogen and oxygen atoms in total. The van der Waals surface area contributed by atoms with Crippen LogP contribution >= 0.6 is 0 Å². The summed E-state index contributed by atoms with van der Waals surface area (Å²) in [6.45, 7) is 6.10. The van der Waals surface area contributed by atoms with Crippen molar-refractivity contribution in [1.82, 2.24) is 0 Å². The molecular formula is C11H20. The van der Waals surface area contributed by atoms with Crippen molar-refractivity contribution in [2.45, 2.75) is 45.4 Å². The Morgan fingerprint density at radius 3 is 2.73 bits per heavy atom. The number of rotatable bonds is 5. The molecule has 11 heavy (non-hydrogen) atoms. The lowest BCUT2D eigenvalue weighted by Crippen LogP contribution is -2.11. The zero-order chi connectivity index (χ0) is 8.10. The molecule has 0 aromatic heterocycles. The fourth-order valence-electron chi connectivity index (χ4n) is 1.70. The van der Waals surface area contributed by atoms with E-state index >= 15 is 0 Å². The van der Waals surface area contributed by atoms with E-state index in [1.54, 1.807) is 0 Å². The van der Waals surface area contributed by atoms with Crippen LogP contribution in [0.25, 0.3) is 0 Å². The molecule has 0 heterocycles. The van der Waals surface area contributed by atoms with Crippen LogP contribution in [0.5, 0.6) is 0 Å². The standard InChI is InChI=1S/C11H20/c1-3-5-10(2)8-9-11-6-4-7-11/h3,10-11H,1,4-9H2,2H3/t10-/m1/s1. The second kappa shape index (κ2) is 4.58. The summed E-state index contributed by atoms with van der Waals surface area (Å²) in [5, 5.41) is 0. The molecule has 1 rings (SSSR count). The smallest absolute Gasteiger partial charge is 0.0328 e. The van der Waals surface area contributed by atoms with E-state index in [-0.39, 0.29) is 0 Å². The molecule has 64 valence electrons. The summed E-state index contributed by atoms with van der Waals surface area (Å²) in [6, 6.07) is 0. The van der Waals surface area contributed by atoms with Crippen molar-refractivity contribution in [3.63, 3.8) is 0 Å². The molecule has 0 radical (unpaired) electrons. The first-order valence-electron chi connectivity index (χ1n) is 4.94. The van der Waals surface area contributed by atoms with Gasteiger partial charge in [-0.2, -0.15) is 0 Å². The fourth-order valence-corrected chi connectivity index (χ4v) is 1.70. The Labute approximate surface area is 70.7 Å². The summed E-state index contributed by atoms with van der Waals surface area (Å²) in [5.41, 5.74) is 0. The maximum atomic E-state index is 3.76. The molecule has 0 aromatic rings. The lowest BCUT2D eigenvalue weighted by atomic mass is 9.80. The van der Waals surface area contributed by atoms with Gasteiger partial charge in [0.2, 0.25) is 0 Å². The molecule has 0 N–H and O–H groups in total. The van der Waals surface area contributed by atoms with Crippen LogP contribution in [0.3, 0.4) is 0 Å². The van der Waals surface area contributed by atoms with Gasteiger partial charge >= 0.3 is 0 Å². The van der Waals surface area contributed by atoms with Crippen molar-refractivity contribution in [3.8, 4) is 0 Å². The van der Waals surface area contributed by atoms with E-state index < -0.39 is 0 Å². The van der Waals surface area contributed by atoms with E-state index in [1.165, 1.54) is 38.5 Å². The zero-order valence-electron chi connectivity index (χ0n) is 7.68. The average Bonchev–Trinajstić information content (AvgIpc) is 1.85. The summed E-state index contributed by atoms with van der Waals surface area (Å²) >= 11 is 0. The summed E-state index contributed by atoms with van der Waals surface area (Å²) in [6.07, 6.45) is 10.6. The molecule has 0 heteroatoms. The van der Waals surface area contributed by atoms with Crippen molar-refractivity contribution >= 4 is 0 Å². The third kappa shape index (κ3) is 3.09. The highest BCUT2D eigenvalue weighted by Gasteiger charge is 2.17. The van der Waals surface area contributed by atoms with Gasteiger partial charge in [0.15, 0.2) is 0 Å². The summed E-state index contributed by atoms with van der Waals surface area (Å²) in [7, 11) is 0. The van der Waals surface area contributed by atoms with E-state index in [1.807, 2.05) is 6.08 Å². The Balaban J connectivity index is 1.96. The van der Waals surface area contributed by atoms with Gasteiger partial charge in [-0.1, -0.05) is 45.1 Å². The first-order valence-corrected chi connectivity index (χ1v) is 4.94. The van der Waals surface area contributed by atoms with Gasteiger partial charge in [-0.25, -0.2) is 0 Å². The summed E-state index contributed by atoms with van der Waals surface area (Å²) < 4.78 is 0. The van der Waals surface area contributed by atoms with Gasteiger partial charge in [-0.3, -0.25) is 0 Å².